The fourth-order valence-electron chi connectivity index (χ4n) is 2.34. The van der Waals surface area contributed by atoms with Gasteiger partial charge >= 0.3 is 11.1 Å². The van der Waals surface area contributed by atoms with Gasteiger partial charge in [-0.25, -0.2) is 0 Å². The molecule has 86 valence electrons. The Kier molecular flexibility index (Phi) is 2.21. The second-order valence-corrected chi connectivity index (χ2v) is 4.27. The Bertz CT molecular complexity index is 682. The summed E-state index contributed by atoms with van der Waals surface area (Å²) in [6, 6.07) is 5.94. The van der Waals surface area contributed by atoms with Crippen LogP contribution in [0, 0.1) is 0 Å². The van der Waals surface area contributed by atoms with E-state index >= 15 is 0 Å². The van der Waals surface area contributed by atoms with Crippen LogP contribution in [0.15, 0.2) is 40.2 Å². The number of aromatic amines is 1. The summed E-state index contributed by atoms with van der Waals surface area (Å²) >= 11 is 0. The van der Waals surface area contributed by atoms with Gasteiger partial charge in [-0.3, -0.25) is 14.2 Å². The van der Waals surface area contributed by atoms with Crippen molar-refractivity contribution < 1.29 is 0 Å². The summed E-state index contributed by atoms with van der Waals surface area (Å²) in [5, 5.41) is 0. The first-order valence-corrected chi connectivity index (χ1v) is 5.68. The van der Waals surface area contributed by atoms with Gasteiger partial charge in [0.15, 0.2) is 0 Å². The highest BCUT2D eigenvalue weighted by Crippen LogP contribution is 2.23. The molecule has 0 aliphatic heterocycles. The number of hydrogen-bond donors (Lipinski definition) is 1. The molecule has 0 saturated carbocycles. The Morgan fingerprint density at radius 1 is 1.12 bits per heavy atom. The van der Waals surface area contributed by atoms with Gasteiger partial charge in [0.25, 0.3) is 0 Å². The first-order chi connectivity index (χ1) is 8.25. The van der Waals surface area contributed by atoms with E-state index in [4.69, 9.17) is 0 Å². The van der Waals surface area contributed by atoms with Crippen LogP contribution in [0.1, 0.15) is 17.5 Å². The number of fused-ring (bicyclic) bond motifs is 1. The summed E-state index contributed by atoms with van der Waals surface area (Å²) < 4.78 is 1.39. The third-order valence-corrected chi connectivity index (χ3v) is 3.21. The Hall–Kier alpha value is -2.10. The van der Waals surface area contributed by atoms with E-state index in [1.54, 1.807) is 6.20 Å². The largest absolute Gasteiger partial charge is 0.323 e. The zero-order chi connectivity index (χ0) is 11.8. The molecule has 4 heteroatoms. The number of H-pyrrole nitrogens is 1. The molecule has 17 heavy (non-hydrogen) atoms. The standard InChI is InChI=1S/C13H12N2O2/c16-12-13(17)15(7-6-14-12)11-5-4-9-2-1-3-10(9)8-11/h4-8H,1-3H2,(H,14,16). The van der Waals surface area contributed by atoms with E-state index in [0.29, 0.717) is 0 Å². The molecule has 0 unspecified atom stereocenters. The van der Waals surface area contributed by atoms with Crippen molar-refractivity contribution in [3.05, 3.63) is 62.4 Å². The molecule has 1 heterocycles. The van der Waals surface area contributed by atoms with E-state index in [1.165, 1.54) is 28.3 Å². The van der Waals surface area contributed by atoms with Gasteiger partial charge in [-0.1, -0.05) is 6.07 Å². The van der Waals surface area contributed by atoms with Crippen LogP contribution in [-0.4, -0.2) is 9.55 Å². The highest BCUT2D eigenvalue weighted by atomic mass is 16.2. The molecule has 0 bridgehead atoms. The van der Waals surface area contributed by atoms with Crippen molar-refractivity contribution >= 4 is 0 Å². The van der Waals surface area contributed by atoms with E-state index in [0.717, 1.165) is 18.5 Å². The average molecular weight is 228 g/mol. The quantitative estimate of drug-likeness (QED) is 0.741. The van der Waals surface area contributed by atoms with Crippen LogP contribution >= 0.6 is 0 Å². The van der Waals surface area contributed by atoms with E-state index in [9.17, 15) is 9.59 Å². The van der Waals surface area contributed by atoms with Crippen LogP contribution in [0.2, 0.25) is 0 Å². The monoisotopic (exact) mass is 228 g/mol. The number of aryl methyl sites for hydroxylation is 2. The number of rotatable bonds is 1. The molecular formula is C13H12N2O2. The number of hydrogen-bond acceptors (Lipinski definition) is 2. The lowest BCUT2D eigenvalue weighted by atomic mass is 10.1. The van der Waals surface area contributed by atoms with Gasteiger partial charge in [0, 0.05) is 18.1 Å². The maximum absolute atomic E-state index is 11.7. The van der Waals surface area contributed by atoms with E-state index in [1.807, 2.05) is 18.2 Å². The number of nitrogens with one attached hydrogen (secondary N) is 1. The predicted octanol–water partition coefficient (Wildman–Crippen LogP) is 1.01. The topological polar surface area (TPSA) is 54.9 Å². The summed E-state index contributed by atoms with van der Waals surface area (Å²) in [5.41, 5.74) is 2.28. The number of nitrogens with zero attached hydrogens (tertiary/aromatic N) is 1. The summed E-state index contributed by atoms with van der Waals surface area (Å²) in [6.07, 6.45) is 6.40. The number of benzene rings is 1. The molecule has 0 spiro atoms. The van der Waals surface area contributed by atoms with Gasteiger partial charge in [0.05, 0.1) is 0 Å². The SMILES string of the molecule is O=c1[nH]ccn(-c2ccc3c(c2)CCC3)c1=O. The minimum atomic E-state index is -0.590. The third kappa shape index (κ3) is 1.62. The van der Waals surface area contributed by atoms with Crippen molar-refractivity contribution in [1.29, 1.82) is 0 Å². The van der Waals surface area contributed by atoms with Crippen molar-refractivity contribution in [1.82, 2.24) is 9.55 Å². The second-order valence-electron chi connectivity index (χ2n) is 4.27. The number of aromatic nitrogens is 2. The van der Waals surface area contributed by atoms with Gasteiger partial charge in [-0.05, 0) is 42.5 Å². The van der Waals surface area contributed by atoms with Crippen molar-refractivity contribution in [3.8, 4) is 5.69 Å². The molecule has 0 saturated heterocycles. The maximum Gasteiger partial charge on any atom is 0.320 e. The zero-order valence-corrected chi connectivity index (χ0v) is 9.27. The Balaban J connectivity index is 2.19. The van der Waals surface area contributed by atoms with E-state index < -0.39 is 11.1 Å². The lowest BCUT2D eigenvalue weighted by molar-refractivity contribution is 0.908. The molecule has 1 aliphatic carbocycles. The van der Waals surface area contributed by atoms with Crippen molar-refractivity contribution in [3.63, 3.8) is 0 Å². The van der Waals surface area contributed by atoms with Gasteiger partial charge in [-0.2, -0.15) is 0 Å². The van der Waals surface area contributed by atoms with E-state index in [-0.39, 0.29) is 0 Å². The molecule has 2 aromatic rings. The van der Waals surface area contributed by atoms with Gasteiger partial charge in [0.1, 0.15) is 0 Å². The summed E-state index contributed by atoms with van der Waals surface area (Å²) in [6.45, 7) is 0. The molecule has 1 N–H and O–H groups in total. The maximum atomic E-state index is 11.7. The van der Waals surface area contributed by atoms with Gasteiger partial charge in [-0.15, -0.1) is 0 Å². The van der Waals surface area contributed by atoms with E-state index in [2.05, 4.69) is 4.98 Å². The lowest BCUT2D eigenvalue weighted by Gasteiger charge is -2.06. The molecule has 0 radical (unpaired) electrons. The Labute approximate surface area is 97.5 Å². The van der Waals surface area contributed by atoms with Crippen molar-refractivity contribution in [2.75, 3.05) is 0 Å². The molecule has 0 fully saturated rings. The van der Waals surface area contributed by atoms with Crippen LogP contribution in [0.3, 0.4) is 0 Å². The zero-order valence-electron chi connectivity index (χ0n) is 9.27. The third-order valence-electron chi connectivity index (χ3n) is 3.21. The fraction of sp³-hybridized carbons (Fsp3) is 0.231. The normalized spacial score (nSPS) is 13.6. The lowest BCUT2D eigenvalue weighted by Crippen LogP contribution is -2.34. The minimum Gasteiger partial charge on any atom is -0.323 e. The first kappa shape index (κ1) is 10.1. The average Bonchev–Trinajstić information content (AvgIpc) is 2.79. The summed E-state index contributed by atoms with van der Waals surface area (Å²) in [4.78, 5) is 25.3. The van der Waals surface area contributed by atoms with Gasteiger partial charge < -0.3 is 4.98 Å². The molecule has 1 aromatic carbocycles. The summed E-state index contributed by atoms with van der Waals surface area (Å²) in [7, 11) is 0. The molecule has 3 rings (SSSR count). The summed E-state index contributed by atoms with van der Waals surface area (Å²) in [5.74, 6) is 0. The molecule has 0 amide bonds. The van der Waals surface area contributed by atoms with Crippen molar-refractivity contribution in [2.24, 2.45) is 0 Å². The Morgan fingerprint density at radius 2 is 1.94 bits per heavy atom. The first-order valence-electron chi connectivity index (χ1n) is 5.68. The Morgan fingerprint density at radius 3 is 2.82 bits per heavy atom. The fourth-order valence-corrected chi connectivity index (χ4v) is 2.34. The molecule has 1 aromatic heterocycles. The van der Waals surface area contributed by atoms with Crippen LogP contribution < -0.4 is 11.1 Å². The van der Waals surface area contributed by atoms with Gasteiger partial charge in [0.2, 0.25) is 0 Å². The van der Waals surface area contributed by atoms with Crippen LogP contribution in [0.5, 0.6) is 0 Å². The molecule has 4 nitrogen and oxygen atoms in total. The predicted molar refractivity (Wildman–Crippen MR) is 64.7 cm³/mol. The highest BCUT2D eigenvalue weighted by molar-refractivity contribution is 5.42. The van der Waals surface area contributed by atoms with Crippen LogP contribution in [0.4, 0.5) is 0 Å². The molecular weight excluding hydrogens is 216 g/mol. The van der Waals surface area contributed by atoms with Crippen LogP contribution in [-0.2, 0) is 12.8 Å². The highest BCUT2D eigenvalue weighted by Gasteiger charge is 2.12. The molecule has 0 atom stereocenters. The molecule has 1 aliphatic rings. The smallest absolute Gasteiger partial charge is 0.320 e. The second kappa shape index (κ2) is 3.73. The minimum absolute atomic E-state index is 0.537. The van der Waals surface area contributed by atoms with Crippen LogP contribution in [0.25, 0.3) is 5.69 Å². The van der Waals surface area contributed by atoms with Crippen molar-refractivity contribution in [2.45, 2.75) is 19.3 Å².